The van der Waals surface area contributed by atoms with E-state index in [2.05, 4.69) is 38.5 Å². The van der Waals surface area contributed by atoms with Crippen LogP contribution in [-0.2, 0) is 4.74 Å². The quantitative estimate of drug-likeness (QED) is 0.198. The van der Waals surface area contributed by atoms with Gasteiger partial charge in [-0.2, -0.15) is 0 Å². The summed E-state index contributed by atoms with van der Waals surface area (Å²) >= 11 is 0. The van der Waals surface area contributed by atoms with Gasteiger partial charge in [-0.1, -0.05) is 64.9 Å². The number of unbranched alkanes of at least 4 members (excludes halogenated alkanes) is 4. The molecule has 2 nitrogen and oxygen atoms in total. The van der Waals surface area contributed by atoms with E-state index in [-0.39, 0.29) is 6.10 Å². The Morgan fingerprint density at radius 3 is 2.12 bits per heavy atom. The molecule has 0 aliphatic heterocycles. The zero-order valence-electron chi connectivity index (χ0n) is 17.0. The van der Waals surface area contributed by atoms with Gasteiger partial charge in [-0.05, 0) is 26.7 Å². The molecule has 1 unspecified atom stereocenters. The molecule has 0 aromatic heterocycles. The summed E-state index contributed by atoms with van der Waals surface area (Å²) in [6.45, 7) is 19.3. The van der Waals surface area contributed by atoms with Crippen molar-refractivity contribution in [1.82, 2.24) is 0 Å². The summed E-state index contributed by atoms with van der Waals surface area (Å²) in [6.07, 6.45) is 11.7. The smallest absolute Gasteiger partial charge is 0.160 e. The second-order valence-electron chi connectivity index (χ2n) is 5.77. The monoisotopic (exact) mass is 338 g/mol. The van der Waals surface area contributed by atoms with Gasteiger partial charge in [-0.3, -0.25) is 0 Å². The van der Waals surface area contributed by atoms with Crippen LogP contribution in [0.2, 0.25) is 0 Å². The van der Waals surface area contributed by atoms with Crippen molar-refractivity contribution >= 4 is 0 Å². The molecule has 0 fully saturated rings. The van der Waals surface area contributed by atoms with Crippen molar-refractivity contribution in [2.24, 2.45) is 0 Å². The number of ether oxygens (including phenoxy) is 1. The minimum atomic E-state index is -1.05. The van der Waals surface area contributed by atoms with E-state index in [1.54, 1.807) is 13.8 Å². The second kappa shape index (κ2) is 22.0. The van der Waals surface area contributed by atoms with Crippen molar-refractivity contribution in [2.45, 2.75) is 104 Å². The maximum atomic E-state index is 9.80. The van der Waals surface area contributed by atoms with Gasteiger partial charge in [0.25, 0.3) is 0 Å². The zero-order chi connectivity index (χ0) is 19.3. The molecule has 142 valence electrons. The van der Waals surface area contributed by atoms with Crippen LogP contribution in [0.15, 0.2) is 25.8 Å². The molecule has 0 rings (SSSR count). The highest BCUT2D eigenvalue weighted by Gasteiger charge is 2.19. The molecule has 0 aliphatic carbocycles. The molecule has 0 saturated heterocycles. The van der Waals surface area contributed by atoms with Gasteiger partial charge in [0.2, 0.25) is 0 Å². The SMILES string of the molecule is C=C.C=CCC#CCCC(CCCCCCC)OC(C)(C)O.CC. The van der Waals surface area contributed by atoms with Crippen LogP contribution in [0, 0.1) is 11.8 Å². The summed E-state index contributed by atoms with van der Waals surface area (Å²) in [4.78, 5) is 0. The van der Waals surface area contributed by atoms with Gasteiger partial charge in [-0.15, -0.1) is 25.7 Å². The molecule has 0 bridgehead atoms. The molecule has 0 radical (unpaired) electrons. The zero-order valence-corrected chi connectivity index (χ0v) is 17.0. The van der Waals surface area contributed by atoms with Crippen LogP contribution in [-0.4, -0.2) is 17.0 Å². The minimum Gasteiger partial charge on any atom is -0.366 e. The van der Waals surface area contributed by atoms with Gasteiger partial charge in [0.1, 0.15) is 0 Å². The van der Waals surface area contributed by atoms with Gasteiger partial charge >= 0.3 is 0 Å². The third kappa shape index (κ3) is 25.9. The van der Waals surface area contributed by atoms with E-state index < -0.39 is 5.79 Å². The van der Waals surface area contributed by atoms with Crippen LogP contribution in [0.1, 0.15) is 92.4 Å². The van der Waals surface area contributed by atoms with Crippen LogP contribution in [0.5, 0.6) is 0 Å². The molecule has 0 spiro atoms. The van der Waals surface area contributed by atoms with Crippen LogP contribution < -0.4 is 0 Å². The number of hydrogen-bond donors (Lipinski definition) is 1. The summed E-state index contributed by atoms with van der Waals surface area (Å²) in [5.74, 6) is 5.13. The summed E-state index contributed by atoms with van der Waals surface area (Å²) in [6, 6.07) is 0. The van der Waals surface area contributed by atoms with E-state index in [9.17, 15) is 5.11 Å². The Morgan fingerprint density at radius 2 is 1.62 bits per heavy atom. The van der Waals surface area contributed by atoms with Gasteiger partial charge in [0, 0.05) is 12.8 Å². The summed E-state index contributed by atoms with van der Waals surface area (Å²) in [7, 11) is 0. The highest BCUT2D eigenvalue weighted by molar-refractivity contribution is 5.02. The standard InChI is InChI=1S/C18H32O2.C2H6.C2H4/c1-5-7-9-11-13-15-17(20-18(3,4)19)16-14-12-10-8-6-2;2*1-2/h5,17,19H,1,6-8,10,12-16H2,2-4H3;1-2H3;1-2H2. The normalized spacial score (nSPS) is 10.9. The van der Waals surface area contributed by atoms with Crippen molar-refractivity contribution in [3.8, 4) is 11.8 Å². The Morgan fingerprint density at radius 1 is 1.04 bits per heavy atom. The molecule has 24 heavy (non-hydrogen) atoms. The van der Waals surface area contributed by atoms with Crippen molar-refractivity contribution in [3.63, 3.8) is 0 Å². The Labute approximate surface area is 152 Å². The van der Waals surface area contributed by atoms with Gasteiger partial charge in [0.15, 0.2) is 5.79 Å². The average Bonchev–Trinajstić information content (AvgIpc) is 2.56. The van der Waals surface area contributed by atoms with Crippen molar-refractivity contribution in [3.05, 3.63) is 25.8 Å². The largest absolute Gasteiger partial charge is 0.366 e. The van der Waals surface area contributed by atoms with E-state index in [4.69, 9.17) is 4.74 Å². The highest BCUT2D eigenvalue weighted by atomic mass is 16.6. The first-order valence-corrected chi connectivity index (χ1v) is 9.46. The Kier molecular flexibility index (Phi) is 25.4. The average molecular weight is 339 g/mol. The van der Waals surface area contributed by atoms with Gasteiger partial charge in [0.05, 0.1) is 6.10 Å². The summed E-state index contributed by atoms with van der Waals surface area (Å²) in [5, 5.41) is 9.80. The van der Waals surface area contributed by atoms with Crippen LogP contribution in [0.4, 0.5) is 0 Å². The molecule has 0 aliphatic rings. The van der Waals surface area contributed by atoms with Crippen molar-refractivity contribution in [1.29, 1.82) is 0 Å². The maximum absolute atomic E-state index is 9.80. The van der Waals surface area contributed by atoms with Crippen molar-refractivity contribution < 1.29 is 9.84 Å². The molecule has 1 N–H and O–H groups in total. The second-order valence-corrected chi connectivity index (χ2v) is 5.77. The lowest BCUT2D eigenvalue weighted by atomic mass is 10.0. The van der Waals surface area contributed by atoms with Crippen molar-refractivity contribution in [2.75, 3.05) is 0 Å². The number of aliphatic hydroxyl groups is 1. The third-order valence-corrected chi connectivity index (χ3v) is 3.05. The first kappa shape index (κ1) is 27.8. The van der Waals surface area contributed by atoms with Crippen LogP contribution in [0.25, 0.3) is 0 Å². The molecular weight excluding hydrogens is 296 g/mol. The fourth-order valence-corrected chi connectivity index (χ4v) is 2.11. The van der Waals surface area contributed by atoms with Crippen LogP contribution in [0.3, 0.4) is 0 Å². The first-order chi connectivity index (χ1) is 11.5. The van der Waals surface area contributed by atoms with Gasteiger partial charge in [-0.25, -0.2) is 0 Å². The van der Waals surface area contributed by atoms with Gasteiger partial charge < -0.3 is 9.84 Å². The molecule has 1 atom stereocenters. The maximum Gasteiger partial charge on any atom is 0.160 e. The van der Waals surface area contributed by atoms with E-state index in [1.165, 1.54) is 32.1 Å². The molecule has 0 aromatic carbocycles. The number of rotatable bonds is 11. The van der Waals surface area contributed by atoms with E-state index in [1.807, 2.05) is 19.9 Å². The van der Waals surface area contributed by atoms with Crippen LogP contribution >= 0.6 is 0 Å². The van der Waals surface area contributed by atoms with E-state index in [0.29, 0.717) is 0 Å². The Hall–Kier alpha value is -1.04. The lowest BCUT2D eigenvalue weighted by Crippen LogP contribution is -2.30. The summed E-state index contributed by atoms with van der Waals surface area (Å²) < 4.78 is 5.72. The topological polar surface area (TPSA) is 29.5 Å². The molecule has 0 saturated carbocycles. The molecule has 0 amide bonds. The summed E-state index contributed by atoms with van der Waals surface area (Å²) in [5.41, 5.74) is 0. The lowest BCUT2D eigenvalue weighted by Gasteiger charge is -2.26. The highest BCUT2D eigenvalue weighted by Crippen LogP contribution is 2.18. The van der Waals surface area contributed by atoms with E-state index in [0.717, 1.165) is 25.7 Å². The fourth-order valence-electron chi connectivity index (χ4n) is 2.11. The first-order valence-electron chi connectivity index (χ1n) is 9.46. The molecule has 2 heteroatoms. The Balaban J connectivity index is -0.00000102. The predicted molar refractivity (Wildman–Crippen MR) is 109 cm³/mol. The number of hydrogen-bond acceptors (Lipinski definition) is 2. The predicted octanol–water partition coefficient (Wildman–Crippen LogP) is 6.65. The molecule has 0 aromatic rings. The lowest BCUT2D eigenvalue weighted by molar-refractivity contribution is -0.207. The third-order valence-electron chi connectivity index (χ3n) is 3.05. The molecular formula is C22H42O2. The Bertz CT molecular complexity index is 304. The molecule has 0 heterocycles. The fraction of sp³-hybridized carbons (Fsp3) is 0.727. The number of allylic oxidation sites excluding steroid dienone is 1. The van der Waals surface area contributed by atoms with E-state index >= 15 is 0 Å². The minimum absolute atomic E-state index is 0.106.